The molecule has 0 bridgehead atoms. The number of hydrogen-bond acceptors (Lipinski definition) is 2. The summed E-state index contributed by atoms with van der Waals surface area (Å²) >= 11 is 0. The molecule has 1 aromatic carbocycles. The minimum atomic E-state index is -0.482. The van der Waals surface area contributed by atoms with Crippen LogP contribution in [0.3, 0.4) is 0 Å². The van der Waals surface area contributed by atoms with Gasteiger partial charge in [-0.25, -0.2) is 0 Å². The van der Waals surface area contributed by atoms with E-state index >= 15 is 0 Å². The van der Waals surface area contributed by atoms with Crippen molar-refractivity contribution in [2.75, 3.05) is 0 Å². The van der Waals surface area contributed by atoms with Crippen molar-refractivity contribution < 1.29 is 9.53 Å². The van der Waals surface area contributed by atoms with Crippen LogP contribution in [0.2, 0.25) is 0 Å². The molecule has 3 heteroatoms. The maximum absolute atomic E-state index is 12.2. The van der Waals surface area contributed by atoms with Crippen LogP contribution >= 0.6 is 0 Å². The lowest BCUT2D eigenvalue weighted by Gasteiger charge is -2.21. The van der Waals surface area contributed by atoms with Crippen molar-refractivity contribution in [1.82, 2.24) is 5.32 Å². The van der Waals surface area contributed by atoms with Crippen LogP contribution in [0.4, 0.5) is 0 Å². The van der Waals surface area contributed by atoms with Gasteiger partial charge in [-0.3, -0.25) is 4.79 Å². The van der Waals surface area contributed by atoms with E-state index in [1.807, 2.05) is 19.9 Å². The summed E-state index contributed by atoms with van der Waals surface area (Å²) in [5, 5.41) is 3.04. The Morgan fingerprint density at radius 3 is 2.33 bits per heavy atom. The zero-order chi connectivity index (χ0) is 16.0. The summed E-state index contributed by atoms with van der Waals surface area (Å²) in [6.07, 6.45) is 1.40. The fourth-order valence-corrected chi connectivity index (χ4v) is 2.28. The molecule has 0 aliphatic rings. The monoisotopic (exact) mass is 291 g/mol. The van der Waals surface area contributed by atoms with Crippen LogP contribution in [0.15, 0.2) is 18.2 Å². The first-order chi connectivity index (χ1) is 9.88. The van der Waals surface area contributed by atoms with Crippen LogP contribution in [0.1, 0.15) is 64.5 Å². The Bertz CT molecular complexity index is 464. The summed E-state index contributed by atoms with van der Waals surface area (Å²) in [6.45, 7) is 12.3. The molecule has 1 aromatic rings. The fourth-order valence-electron chi connectivity index (χ4n) is 2.28. The lowest BCUT2D eigenvalue weighted by atomic mass is 10.0. The van der Waals surface area contributed by atoms with Crippen molar-refractivity contribution in [3.05, 3.63) is 29.3 Å². The summed E-state index contributed by atoms with van der Waals surface area (Å²) in [5.74, 6) is 1.15. The van der Waals surface area contributed by atoms with E-state index in [9.17, 15) is 4.79 Å². The van der Waals surface area contributed by atoms with Gasteiger partial charge < -0.3 is 10.1 Å². The van der Waals surface area contributed by atoms with Gasteiger partial charge in [-0.05, 0) is 49.8 Å². The largest absolute Gasteiger partial charge is 0.481 e. The van der Waals surface area contributed by atoms with Gasteiger partial charge in [0.1, 0.15) is 5.75 Å². The smallest absolute Gasteiger partial charge is 0.260 e. The standard InChI is InChI=1S/C18H29NO2/c1-7-15(8-2)19-18(20)14(6)21-17-11-13(5)9-10-16(17)12(3)4/h9-12,14-15H,7-8H2,1-6H3,(H,19,20)/t14-/m1/s1. The van der Waals surface area contributed by atoms with Gasteiger partial charge in [0.05, 0.1) is 0 Å². The second-order valence-electron chi connectivity index (χ2n) is 5.98. The molecule has 0 radical (unpaired) electrons. The first kappa shape index (κ1) is 17.5. The third-order valence-corrected chi connectivity index (χ3v) is 3.80. The average molecular weight is 291 g/mol. The van der Waals surface area contributed by atoms with Crippen molar-refractivity contribution in [1.29, 1.82) is 0 Å². The number of benzene rings is 1. The molecule has 0 aliphatic carbocycles. The first-order valence-corrected chi connectivity index (χ1v) is 7.96. The molecule has 0 unspecified atom stereocenters. The highest BCUT2D eigenvalue weighted by Crippen LogP contribution is 2.28. The fraction of sp³-hybridized carbons (Fsp3) is 0.611. The molecule has 3 nitrogen and oxygen atoms in total. The number of hydrogen-bond donors (Lipinski definition) is 1. The van der Waals surface area contributed by atoms with Gasteiger partial charge >= 0.3 is 0 Å². The lowest BCUT2D eigenvalue weighted by molar-refractivity contribution is -0.128. The van der Waals surface area contributed by atoms with Crippen molar-refractivity contribution in [3.8, 4) is 5.75 Å². The highest BCUT2D eigenvalue weighted by atomic mass is 16.5. The van der Waals surface area contributed by atoms with E-state index in [1.54, 1.807) is 0 Å². The molecule has 0 spiro atoms. The average Bonchev–Trinajstić information content (AvgIpc) is 2.44. The Morgan fingerprint density at radius 1 is 1.19 bits per heavy atom. The molecule has 1 amide bonds. The predicted octanol–water partition coefficient (Wildman–Crippen LogP) is 4.19. The van der Waals surface area contributed by atoms with E-state index in [4.69, 9.17) is 4.74 Å². The molecule has 0 fully saturated rings. The van der Waals surface area contributed by atoms with Gasteiger partial charge in [-0.1, -0.05) is 39.8 Å². The summed E-state index contributed by atoms with van der Waals surface area (Å²) < 4.78 is 5.93. The van der Waals surface area contributed by atoms with Crippen LogP contribution in [0, 0.1) is 6.92 Å². The lowest BCUT2D eigenvalue weighted by Crippen LogP contribution is -2.42. The van der Waals surface area contributed by atoms with E-state index in [2.05, 4.69) is 45.1 Å². The van der Waals surface area contributed by atoms with Crippen LogP contribution in [-0.4, -0.2) is 18.1 Å². The van der Waals surface area contributed by atoms with Crippen molar-refractivity contribution >= 4 is 5.91 Å². The molecule has 1 rings (SSSR count). The van der Waals surface area contributed by atoms with Crippen molar-refractivity contribution in [3.63, 3.8) is 0 Å². The Hall–Kier alpha value is -1.51. The number of ether oxygens (including phenoxy) is 1. The number of carbonyl (C=O) groups is 1. The van der Waals surface area contributed by atoms with Gasteiger partial charge in [0.2, 0.25) is 0 Å². The minimum absolute atomic E-state index is 0.0417. The predicted molar refractivity (Wildman–Crippen MR) is 87.9 cm³/mol. The number of carbonyl (C=O) groups excluding carboxylic acids is 1. The number of rotatable bonds is 7. The molecule has 0 aromatic heterocycles. The number of amides is 1. The third-order valence-electron chi connectivity index (χ3n) is 3.80. The Labute approximate surface area is 129 Å². The van der Waals surface area contributed by atoms with Gasteiger partial charge in [-0.15, -0.1) is 0 Å². The Kier molecular flexibility index (Phi) is 6.73. The topological polar surface area (TPSA) is 38.3 Å². The van der Waals surface area contributed by atoms with Crippen LogP contribution in [0.5, 0.6) is 5.75 Å². The molecule has 1 N–H and O–H groups in total. The van der Waals surface area contributed by atoms with Gasteiger partial charge in [0, 0.05) is 6.04 Å². The minimum Gasteiger partial charge on any atom is -0.481 e. The SMILES string of the molecule is CCC(CC)NC(=O)[C@@H](C)Oc1cc(C)ccc1C(C)C. The number of nitrogens with one attached hydrogen (secondary N) is 1. The molecule has 0 saturated carbocycles. The molecular formula is C18H29NO2. The van der Waals surface area contributed by atoms with E-state index in [1.165, 1.54) is 0 Å². The molecule has 1 atom stereocenters. The van der Waals surface area contributed by atoms with E-state index in [0.29, 0.717) is 5.92 Å². The maximum atomic E-state index is 12.2. The first-order valence-electron chi connectivity index (χ1n) is 7.96. The quantitative estimate of drug-likeness (QED) is 0.818. The van der Waals surface area contributed by atoms with E-state index in [-0.39, 0.29) is 11.9 Å². The van der Waals surface area contributed by atoms with E-state index < -0.39 is 6.10 Å². The van der Waals surface area contributed by atoms with Gasteiger partial charge in [0.15, 0.2) is 6.10 Å². The summed E-state index contributed by atoms with van der Waals surface area (Å²) in [5.41, 5.74) is 2.28. The molecule has 118 valence electrons. The zero-order valence-corrected chi connectivity index (χ0v) is 14.2. The molecule has 0 saturated heterocycles. The molecule has 21 heavy (non-hydrogen) atoms. The normalized spacial score (nSPS) is 12.6. The zero-order valence-electron chi connectivity index (χ0n) is 14.2. The summed E-state index contributed by atoms with van der Waals surface area (Å²) in [6, 6.07) is 6.40. The van der Waals surface area contributed by atoms with Crippen LogP contribution in [0.25, 0.3) is 0 Å². The maximum Gasteiger partial charge on any atom is 0.260 e. The third kappa shape index (κ3) is 5.07. The molecule has 0 heterocycles. The van der Waals surface area contributed by atoms with Crippen molar-refractivity contribution in [2.24, 2.45) is 0 Å². The van der Waals surface area contributed by atoms with E-state index in [0.717, 1.165) is 29.7 Å². The summed E-state index contributed by atoms with van der Waals surface area (Å²) in [4.78, 5) is 12.2. The Balaban J connectivity index is 2.80. The van der Waals surface area contributed by atoms with Crippen LogP contribution in [-0.2, 0) is 4.79 Å². The highest BCUT2D eigenvalue weighted by molar-refractivity contribution is 5.81. The molecule has 0 aliphatic heterocycles. The highest BCUT2D eigenvalue weighted by Gasteiger charge is 2.19. The van der Waals surface area contributed by atoms with Gasteiger partial charge in [-0.2, -0.15) is 0 Å². The second-order valence-corrected chi connectivity index (χ2v) is 5.98. The second kappa shape index (κ2) is 8.06. The van der Waals surface area contributed by atoms with Gasteiger partial charge in [0.25, 0.3) is 5.91 Å². The Morgan fingerprint density at radius 2 is 1.81 bits per heavy atom. The summed E-state index contributed by atoms with van der Waals surface area (Å²) in [7, 11) is 0. The van der Waals surface area contributed by atoms with Crippen LogP contribution < -0.4 is 10.1 Å². The molecular weight excluding hydrogens is 262 g/mol. The number of aryl methyl sites for hydroxylation is 1. The van der Waals surface area contributed by atoms with Crippen molar-refractivity contribution in [2.45, 2.75) is 72.4 Å².